The third-order valence-corrected chi connectivity index (χ3v) is 5.16. The molecule has 0 spiro atoms. The molecule has 2 N–H and O–H groups in total. The minimum atomic E-state index is -3.43. The second-order valence-corrected chi connectivity index (χ2v) is 8.61. The second-order valence-electron chi connectivity index (χ2n) is 5.66. The molecule has 0 aliphatic rings. The van der Waals surface area contributed by atoms with Gasteiger partial charge in [-0.15, -0.1) is 12.4 Å². The van der Waals surface area contributed by atoms with E-state index in [1.807, 2.05) is 13.8 Å². The van der Waals surface area contributed by atoms with Crippen LogP contribution in [0.5, 0.6) is 0 Å². The van der Waals surface area contributed by atoms with E-state index < -0.39 is 10.0 Å². The van der Waals surface area contributed by atoms with Crippen LogP contribution in [0.1, 0.15) is 19.4 Å². The van der Waals surface area contributed by atoms with Crippen molar-refractivity contribution >= 4 is 45.6 Å². The molecule has 0 aliphatic heterocycles. The lowest BCUT2D eigenvalue weighted by molar-refractivity contribution is 0.291. The largest absolute Gasteiger partial charge is 0.330 e. The van der Waals surface area contributed by atoms with Crippen LogP contribution >= 0.6 is 35.6 Å². The van der Waals surface area contributed by atoms with Crippen LogP contribution in [0, 0.1) is 5.41 Å². The molecule has 8 heteroatoms. The summed E-state index contributed by atoms with van der Waals surface area (Å²) in [5.41, 5.74) is 5.93. The van der Waals surface area contributed by atoms with Crippen molar-refractivity contribution in [2.45, 2.75) is 19.6 Å². The molecule has 1 aromatic carbocycles. The molecule has 0 radical (unpaired) electrons. The molecule has 4 nitrogen and oxygen atoms in total. The van der Waals surface area contributed by atoms with Crippen LogP contribution in [-0.2, 0) is 15.8 Å². The molecule has 0 heterocycles. The lowest BCUT2D eigenvalue weighted by Gasteiger charge is -2.28. The zero-order valence-electron chi connectivity index (χ0n) is 12.3. The highest BCUT2D eigenvalue weighted by Gasteiger charge is 2.26. The Bertz CT molecular complexity index is 557. The van der Waals surface area contributed by atoms with Gasteiger partial charge in [0.1, 0.15) is 0 Å². The molecule has 0 saturated carbocycles. The molecule has 21 heavy (non-hydrogen) atoms. The fourth-order valence-electron chi connectivity index (χ4n) is 1.78. The summed E-state index contributed by atoms with van der Waals surface area (Å²) >= 11 is 11.8. The van der Waals surface area contributed by atoms with Crippen molar-refractivity contribution < 1.29 is 8.42 Å². The molecule has 122 valence electrons. The van der Waals surface area contributed by atoms with Crippen molar-refractivity contribution in [1.29, 1.82) is 0 Å². The number of hydrogen-bond donors (Lipinski definition) is 1. The monoisotopic (exact) mass is 374 g/mol. The van der Waals surface area contributed by atoms with E-state index in [1.165, 1.54) is 4.31 Å². The lowest BCUT2D eigenvalue weighted by Crippen LogP contribution is -2.40. The maximum absolute atomic E-state index is 12.3. The van der Waals surface area contributed by atoms with E-state index in [0.29, 0.717) is 28.7 Å². The van der Waals surface area contributed by atoms with E-state index in [0.717, 1.165) is 0 Å². The molecular formula is C13H21Cl3N2O2S. The number of sulfonamides is 1. The van der Waals surface area contributed by atoms with Crippen LogP contribution in [0.4, 0.5) is 0 Å². The second kappa shape index (κ2) is 7.99. The maximum atomic E-state index is 12.3. The summed E-state index contributed by atoms with van der Waals surface area (Å²) in [5.74, 6) is -0.134. The Morgan fingerprint density at radius 2 is 1.67 bits per heavy atom. The third kappa shape index (κ3) is 6.72. The standard InChI is InChI=1S/C13H20Cl2N2O2S.ClH/c1-13(2,8-16)9-17(3)20(18,19)7-10-4-11(14)6-12(15)5-10;/h4-6H,7-9,16H2,1-3H3;1H. The minimum Gasteiger partial charge on any atom is -0.330 e. The van der Waals surface area contributed by atoms with Gasteiger partial charge < -0.3 is 5.73 Å². The molecule has 1 aromatic rings. The minimum absolute atomic E-state index is 0. The van der Waals surface area contributed by atoms with Crippen LogP contribution in [0.25, 0.3) is 0 Å². The fourth-order valence-corrected chi connectivity index (χ4v) is 3.71. The summed E-state index contributed by atoms with van der Waals surface area (Å²) in [5, 5.41) is 0.847. The Morgan fingerprint density at radius 1 is 1.19 bits per heavy atom. The van der Waals surface area contributed by atoms with Gasteiger partial charge in [-0.1, -0.05) is 37.0 Å². The predicted molar refractivity (Wildman–Crippen MR) is 91.8 cm³/mol. The van der Waals surface area contributed by atoms with Crippen LogP contribution in [-0.4, -0.2) is 32.9 Å². The SMILES string of the molecule is CN(CC(C)(C)CN)S(=O)(=O)Cc1cc(Cl)cc(Cl)c1.Cl. The Morgan fingerprint density at radius 3 is 2.10 bits per heavy atom. The average molecular weight is 376 g/mol. The first-order valence-corrected chi connectivity index (χ1v) is 8.51. The molecule has 0 amide bonds. The smallest absolute Gasteiger partial charge is 0.218 e. The van der Waals surface area contributed by atoms with Gasteiger partial charge in [-0.05, 0) is 35.7 Å². The van der Waals surface area contributed by atoms with E-state index in [4.69, 9.17) is 28.9 Å². The van der Waals surface area contributed by atoms with Crippen molar-refractivity contribution in [2.24, 2.45) is 11.1 Å². The van der Waals surface area contributed by atoms with Crippen molar-refractivity contribution in [3.8, 4) is 0 Å². The molecule has 0 aromatic heterocycles. The van der Waals surface area contributed by atoms with Crippen molar-refractivity contribution in [1.82, 2.24) is 4.31 Å². The average Bonchev–Trinajstić information content (AvgIpc) is 2.26. The van der Waals surface area contributed by atoms with Gasteiger partial charge in [-0.3, -0.25) is 0 Å². The Balaban J connectivity index is 0.00000400. The molecule has 1 rings (SSSR count). The van der Waals surface area contributed by atoms with Gasteiger partial charge in [0.15, 0.2) is 0 Å². The fraction of sp³-hybridized carbons (Fsp3) is 0.538. The Kier molecular flexibility index (Phi) is 7.98. The number of rotatable bonds is 6. The summed E-state index contributed by atoms with van der Waals surface area (Å²) < 4.78 is 26.0. The zero-order valence-corrected chi connectivity index (χ0v) is 15.4. The summed E-state index contributed by atoms with van der Waals surface area (Å²) in [6.07, 6.45) is 0. The Hall–Kier alpha value is -0.0400. The van der Waals surface area contributed by atoms with Gasteiger partial charge in [0.2, 0.25) is 10.0 Å². The van der Waals surface area contributed by atoms with Gasteiger partial charge in [0, 0.05) is 23.6 Å². The molecule has 0 aliphatic carbocycles. The molecule has 0 bridgehead atoms. The lowest BCUT2D eigenvalue weighted by atomic mass is 9.94. The molecular weight excluding hydrogens is 355 g/mol. The molecule has 0 fully saturated rings. The van der Waals surface area contributed by atoms with E-state index in [2.05, 4.69) is 0 Å². The van der Waals surface area contributed by atoms with Crippen molar-refractivity contribution in [3.05, 3.63) is 33.8 Å². The van der Waals surface area contributed by atoms with Gasteiger partial charge in [0.25, 0.3) is 0 Å². The van der Waals surface area contributed by atoms with Gasteiger partial charge in [-0.2, -0.15) is 0 Å². The maximum Gasteiger partial charge on any atom is 0.218 e. The highest BCUT2D eigenvalue weighted by molar-refractivity contribution is 7.88. The highest BCUT2D eigenvalue weighted by atomic mass is 35.5. The number of halogens is 3. The Labute approximate surface area is 143 Å². The molecule has 0 unspecified atom stereocenters. The number of nitrogens with two attached hydrogens (primary N) is 1. The topological polar surface area (TPSA) is 63.4 Å². The van der Waals surface area contributed by atoms with Crippen LogP contribution in [0.15, 0.2) is 18.2 Å². The summed E-state index contributed by atoms with van der Waals surface area (Å²) in [6.45, 7) is 4.63. The first-order chi connectivity index (χ1) is 9.05. The van der Waals surface area contributed by atoms with Gasteiger partial charge in [-0.25, -0.2) is 12.7 Å². The highest BCUT2D eigenvalue weighted by Crippen LogP contribution is 2.22. The van der Waals surface area contributed by atoms with E-state index in [1.54, 1.807) is 25.2 Å². The quantitative estimate of drug-likeness (QED) is 0.830. The van der Waals surface area contributed by atoms with Crippen LogP contribution in [0.3, 0.4) is 0 Å². The number of hydrogen-bond acceptors (Lipinski definition) is 3. The van der Waals surface area contributed by atoms with E-state index in [9.17, 15) is 8.42 Å². The van der Waals surface area contributed by atoms with E-state index in [-0.39, 0.29) is 23.6 Å². The summed E-state index contributed by atoms with van der Waals surface area (Å²) in [6, 6.07) is 4.78. The van der Waals surface area contributed by atoms with Crippen molar-refractivity contribution in [2.75, 3.05) is 20.1 Å². The summed E-state index contributed by atoms with van der Waals surface area (Å²) in [4.78, 5) is 0. The normalized spacial score (nSPS) is 12.3. The number of nitrogens with zero attached hydrogens (tertiary/aromatic N) is 1. The van der Waals surface area contributed by atoms with Crippen LogP contribution < -0.4 is 5.73 Å². The van der Waals surface area contributed by atoms with Gasteiger partial charge >= 0.3 is 0 Å². The first kappa shape index (κ1) is 21.0. The first-order valence-electron chi connectivity index (χ1n) is 6.15. The predicted octanol–water partition coefficient (Wildman–Crippen LogP) is 3.16. The number of benzene rings is 1. The summed E-state index contributed by atoms with van der Waals surface area (Å²) in [7, 11) is -1.88. The van der Waals surface area contributed by atoms with Crippen LogP contribution in [0.2, 0.25) is 10.0 Å². The van der Waals surface area contributed by atoms with E-state index >= 15 is 0 Å². The molecule has 0 saturated heterocycles. The van der Waals surface area contributed by atoms with Crippen molar-refractivity contribution in [3.63, 3.8) is 0 Å². The zero-order chi connectivity index (χ0) is 15.6. The third-order valence-electron chi connectivity index (χ3n) is 2.95. The van der Waals surface area contributed by atoms with Gasteiger partial charge in [0.05, 0.1) is 5.75 Å². The molecule has 0 atom stereocenters.